The van der Waals surface area contributed by atoms with Gasteiger partial charge in [0.15, 0.2) is 6.10 Å². The van der Waals surface area contributed by atoms with Gasteiger partial charge >= 0.3 is 0 Å². The number of rotatable bonds is 6. The van der Waals surface area contributed by atoms with E-state index in [9.17, 15) is 4.79 Å². The molecule has 19 heavy (non-hydrogen) atoms. The molecular weight excluding hydrogens is 238 g/mol. The minimum atomic E-state index is -0.389. The molecule has 106 valence electrons. The van der Waals surface area contributed by atoms with Gasteiger partial charge < -0.3 is 9.64 Å². The minimum Gasteiger partial charge on any atom is -0.480 e. The van der Waals surface area contributed by atoms with Crippen molar-refractivity contribution in [3.8, 4) is 5.75 Å². The van der Waals surface area contributed by atoms with Crippen LogP contribution in [0.25, 0.3) is 0 Å². The van der Waals surface area contributed by atoms with Crippen molar-refractivity contribution in [1.82, 2.24) is 4.90 Å². The first-order chi connectivity index (χ1) is 9.03. The van der Waals surface area contributed by atoms with E-state index in [1.165, 1.54) is 0 Å². The van der Waals surface area contributed by atoms with Gasteiger partial charge in [-0.3, -0.25) is 4.79 Å². The fourth-order valence-corrected chi connectivity index (χ4v) is 2.03. The van der Waals surface area contributed by atoms with E-state index in [0.717, 1.165) is 30.0 Å². The number of carbonyl (C=O) groups is 1. The van der Waals surface area contributed by atoms with Crippen molar-refractivity contribution in [1.29, 1.82) is 0 Å². The van der Waals surface area contributed by atoms with Crippen LogP contribution in [0.4, 0.5) is 0 Å². The summed E-state index contributed by atoms with van der Waals surface area (Å²) >= 11 is 0. The van der Waals surface area contributed by atoms with Crippen LogP contribution in [0, 0.1) is 13.8 Å². The predicted molar refractivity (Wildman–Crippen MR) is 78.6 cm³/mol. The number of ether oxygens (including phenoxy) is 1. The molecule has 0 fully saturated rings. The number of benzene rings is 1. The van der Waals surface area contributed by atoms with Gasteiger partial charge in [-0.1, -0.05) is 19.1 Å². The largest absolute Gasteiger partial charge is 0.480 e. The summed E-state index contributed by atoms with van der Waals surface area (Å²) in [4.78, 5) is 14.2. The number of aryl methyl sites for hydroxylation is 2. The molecule has 0 radical (unpaired) electrons. The lowest BCUT2D eigenvalue weighted by atomic mass is 10.1. The normalized spacial score (nSPS) is 12.1. The van der Waals surface area contributed by atoms with E-state index < -0.39 is 0 Å². The van der Waals surface area contributed by atoms with Gasteiger partial charge in [0, 0.05) is 13.1 Å². The molecule has 1 aromatic rings. The molecule has 0 heterocycles. The molecule has 3 heteroatoms. The van der Waals surface area contributed by atoms with Crippen LogP contribution in [-0.4, -0.2) is 30.0 Å². The predicted octanol–water partition coefficient (Wildman–Crippen LogP) is 3.33. The summed E-state index contributed by atoms with van der Waals surface area (Å²) in [7, 11) is 0. The Kier molecular flexibility index (Phi) is 5.87. The van der Waals surface area contributed by atoms with Crippen LogP contribution in [0.5, 0.6) is 5.75 Å². The van der Waals surface area contributed by atoms with Crippen LogP contribution >= 0.6 is 0 Å². The van der Waals surface area contributed by atoms with Gasteiger partial charge in [-0.15, -0.1) is 0 Å². The van der Waals surface area contributed by atoms with Gasteiger partial charge in [0.25, 0.3) is 5.91 Å². The van der Waals surface area contributed by atoms with Crippen LogP contribution in [0.3, 0.4) is 0 Å². The Bertz CT molecular complexity index is 425. The van der Waals surface area contributed by atoms with Gasteiger partial charge in [0.2, 0.25) is 0 Å². The smallest absolute Gasteiger partial charge is 0.263 e. The molecule has 0 saturated carbocycles. The molecule has 1 unspecified atom stereocenters. The molecule has 0 bridgehead atoms. The molecule has 0 N–H and O–H groups in total. The maximum Gasteiger partial charge on any atom is 0.263 e. The average molecular weight is 263 g/mol. The monoisotopic (exact) mass is 263 g/mol. The Morgan fingerprint density at radius 3 is 2.37 bits per heavy atom. The average Bonchev–Trinajstić information content (AvgIpc) is 2.41. The summed E-state index contributed by atoms with van der Waals surface area (Å²) in [6.07, 6.45) is 0.295. The van der Waals surface area contributed by atoms with Crippen LogP contribution < -0.4 is 4.74 Å². The van der Waals surface area contributed by atoms with Gasteiger partial charge in [0.1, 0.15) is 5.75 Å². The molecule has 1 rings (SSSR count). The lowest BCUT2D eigenvalue weighted by Gasteiger charge is -2.25. The highest BCUT2D eigenvalue weighted by atomic mass is 16.5. The van der Waals surface area contributed by atoms with Crippen molar-refractivity contribution in [3.63, 3.8) is 0 Å². The zero-order valence-corrected chi connectivity index (χ0v) is 12.7. The second-order valence-electron chi connectivity index (χ2n) is 4.79. The molecule has 0 spiro atoms. The van der Waals surface area contributed by atoms with Crippen molar-refractivity contribution in [3.05, 3.63) is 29.3 Å². The molecule has 3 nitrogen and oxygen atoms in total. The lowest BCUT2D eigenvalue weighted by molar-refractivity contribution is -0.138. The van der Waals surface area contributed by atoms with E-state index in [1.807, 2.05) is 51.7 Å². The standard InChI is InChI=1S/C16H25NO2/c1-6-14(16(18)17(7-2)8-3)19-15-11-12(4)9-10-13(15)5/h9-11,14H,6-8H2,1-5H3. The number of carbonyl (C=O) groups excluding carboxylic acids is 1. The van der Waals surface area contributed by atoms with Crippen LogP contribution in [-0.2, 0) is 4.79 Å². The zero-order valence-electron chi connectivity index (χ0n) is 12.7. The first-order valence-corrected chi connectivity index (χ1v) is 7.06. The Hall–Kier alpha value is -1.51. The molecular formula is C16H25NO2. The summed E-state index contributed by atoms with van der Waals surface area (Å²) in [6.45, 7) is 11.4. The number of likely N-dealkylation sites (N-methyl/N-ethyl adjacent to an activating group) is 1. The molecule has 0 aliphatic rings. The van der Waals surface area contributed by atoms with Crippen molar-refractivity contribution < 1.29 is 9.53 Å². The summed E-state index contributed by atoms with van der Waals surface area (Å²) in [5.41, 5.74) is 2.21. The highest BCUT2D eigenvalue weighted by Crippen LogP contribution is 2.21. The highest BCUT2D eigenvalue weighted by Gasteiger charge is 2.23. The molecule has 0 aromatic heterocycles. The van der Waals surface area contributed by atoms with Crippen LogP contribution in [0.2, 0.25) is 0 Å². The van der Waals surface area contributed by atoms with E-state index in [0.29, 0.717) is 6.42 Å². The van der Waals surface area contributed by atoms with Gasteiger partial charge in [-0.25, -0.2) is 0 Å². The van der Waals surface area contributed by atoms with Crippen molar-refractivity contribution in [2.75, 3.05) is 13.1 Å². The van der Waals surface area contributed by atoms with Crippen molar-refractivity contribution in [2.24, 2.45) is 0 Å². The van der Waals surface area contributed by atoms with E-state index in [1.54, 1.807) is 0 Å². The van der Waals surface area contributed by atoms with Gasteiger partial charge in [-0.05, 0) is 51.3 Å². The SMILES string of the molecule is CCC(Oc1cc(C)ccc1C)C(=O)N(CC)CC. The molecule has 1 atom stereocenters. The molecule has 0 aliphatic heterocycles. The number of nitrogens with zero attached hydrogens (tertiary/aromatic N) is 1. The van der Waals surface area contributed by atoms with E-state index in [4.69, 9.17) is 4.74 Å². The van der Waals surface area contributed by atoms with Gasteiger partial charge in [0.05, 0.1) is 0 Å². The Labute approximate surface area is 116 Å². The third kappa shape index (κ3) is 3.98. The fourth-order valence-electron chi connectivity index (χ4n) is 2.03. The molecule has 0 aliphatic carbocycles. The summed E-state index contributed by atoms with van der Waals surface area (Å²) in [5, 5.41) is 0. The van der Waals surface area contributed by atoms with Crippen molar-refractivity contribution >= 4 is 5.91 Å². The van der Waals surface area contributed by atoms with E-state index in [2.05, 4.69) is 6.07 Å². The molecule has 1 aromatic carbocycles. The van der Waals surface area contributed by atoms with Crippen LogP contribution in [0.1, 0.15) is 38.3 Å². The molecule has 0 saturated heterocycles. The summed E-state index contributed by atoms with van der Waals surface area (Å²) in [6, 6.07) is 6.07. The Balaban J connectivity index is 2.87. The lowest BCUT2D eigenvalue weighted by Crippen LogP contribution is -2.41. The van der Waals surface area contributed by atoms with Crippen molar-refractivity contribution in [2.45, 2.75) is 47.1 Å². The fraction of sp³-hybridized carbons (Fsp3) is 0.562. The van der Waals surface area contributed by atoms with Crippen LogP contribution in [0.15, 0.2) is 18.2 Å². The number of amides is 1. The third-order valence-corrected chi connectivity index (χ3v) is 3.33. The molecule has 1 amide bonds. The Morgan fingerprint density at radius 1 is 1.21 bits per heavy atom. The third-order valence-electron chi connectivity index (χ3n) is 3.33. The van der Waals surface area contributed by atoms with E-state index in [-0.39, 0.29) is 12.0 Å². The quantitative estimate of drug-likeness (QED) is 0.788. The minimum absolute atomic E-state index is 0.0772. The second-order valence-corrected chi connectivity index (χ2v) is 4.79. The first-order valence-electron chi connectivity index (χ1n) is 7.06. The topological polar surface area (TPSA) is 29.5 Å². The Morgan fingerprint density at radius 2 is 1.84 bits per heavy atom. The van der Waals surface area contributed by atoms with E-state index >= 15 is 0 Å². The number of hydrogen-bond donors (Lipinski definition) is 0. The maximum atomic E-state index is 12.3. The zero-order chi connectivity index (χ0) is 14.4. The number of hydrogen-bond acceptors (Lipinski definition) is 2. The maximum absolute atomic E-state index is 12.3. The summed E-state index contributed by atoms with van der Waals surface area (Å²) in [5.74, 6) is 0.890. The second kappa shape index (κ2) is 7.17. The summed E-state index contributed by atoms with van der Waals surface area (Å²) < 4.78 is 5.93. The van der Waals surface area contributed by atoms with Gasteiger partial charge in [-0.2, -0.15) is 0 Å². The first kappa shape index (κ1) is 15.5. The highest BCUT2D eigenvalue weighted by molar-refractivity contribution is 5.81.